The summed E-state index contributed by atoms with van der Waals surface area (Å²) in [5.41, 5.74) is 2.23. The van der Waals surface area contributed by atoms with Gasteiger partial charge in [-0.3, -0.25) is 0 Å². The highest BCUT2D eigenvalue weighted by molar-refractivity contribution is 5.47. The summed E-state index contributed by atoms with van der Waals surface area (Å²) in [6, 6.07) is 8.10. The van der Waals surface area contributed by atoms with Crippen LogP contribution in [0.5, 0.6) is 0 Å². The number of rotatable bonds is 5. The first-order valence-corrected chi connectivity index (χ1v) is 7.16. The Labute approximate surface area is 118 Å². The number of alkyl halides is 3. The first kappa shape index (κ1) is 15.2. The second kappa shape index (κ2) is 6.97. The van der Waals surface area contributed by atoms with Gasteiger partial charge in [0.1, 0.15) is 0 Å². The Morgan fingerprint density at radius 3 is 2.25 bits per heavy atom. The molecule has 1 fully saturated rings. The van der Waals surface area contributed by atoms with Gasteiger partial charge in [-0.05, 0) is 37.0 Å². The fraction of sp³-hybridized carbons (Fsp3) is 0.600. The largest absolute Gasteiger partial charge is 0.390 e. The molecule has 20 heavy (non-hydrogen) atoms. The highest BCUT2D eigenvalue weighted by Gasteiger charge is 2.25. The Morgan fingerprint density at radius 2 is 1.65 bits per heavy atom. The highest BCUT2D eigenvalue weighted by Crippen LogP contribution is 2.20. The van der Waals surface area contributed by atoms with E-state index >= 15 is 0 Å². The molecule has 0 bridgehead atoms. The molecular weight excluding hydrogens is 265 g/mol. The molecule has 1 aliphatic heterocycles. The maximum atomic E-state index is 12.0. The summed E-state index contributed by atoms with van der Waals surface area (Å²) in [5, 5.41) is 2.82. The summed E-state index contributed by atoms with van der Waals surface area (Å²) < 4.78 is 36.0. The van der Waals surface area contributed by atoms with Crippen LogP contribution >= 0.6 is 0 Å². The van der Waals surface area contributed by atoms with E-state index in [2.05, 4.69) is 22.3 Å². The quantitative estimate of drug-likeness (QED) is 0.830. The van der Waals surface area contributed by atoms with Crippen LogP contribution < -0.4 is 10.2 Å². The first-order chi connectivity index (χ1) is 9.54. The minimum atomic E-state index is -4.08. The standard InChI is InChI=1S/C15H21F3N2/c16-15(17,18)8-9-19-12-13-4-6-14(7-5-13)20-10-2-1-3-11-20/h4-7,19H,1-3,8-12H2. The van der Waals surface area contributed by atoms with Gasteiger partial charge in [0.15, 0.2) is 0 Å². The van der Waals surface area contributed by atoms with Gasteiger partial charge in [-0.2, -0.15) is 13.2 Å². The zero-order chi connectivity index (χ0) is 14.4. The summed E-state index contributed by atoms with van der Waals surface area (Å²) in [6.07, 6.45) is -1.08. The van der Waals surface area contributed by atoms with Crippen LogP contribution in [0, 0.1) is 0 Å². The molecule has 1 aromatic rings. The number of benzene rings is 1. The Hall–Kier alpha value is -1.23. The molecular formula is C15H21F3N2. The van der Waals surface area contributed by atoms with E-state index in [0.717, 1.165) is 18.7 Å². The zero-order valence-corrected chi connectivity index (χ0v) is 11.5. The number of anilines is 1. The van der Waals surface area contributed by atoms with E-state index in [4.69, 9.17) is 0 Å². The van der Waals surface area contributed by atoms with Crippen molar-refractivity contribution < 1.29 is 13.2 Å². The topological polar surface area (TPSA) is 15.3 Å². The fourth-order valence-electron chi connectivity index (χ4n) is 2.44. The monoisotopic (exact) mass is 286 g/mol. The van der Waals surface area contributed by atoms with Gasteiger partial charge in [0.25, 0.3) is 0 Å². The summed E-state index contributed by atoms with van der Waals surface area (Å²) in [7, 11) is 0. The zero-order valence-electron chi connectivity index (χ0n) is 11.5. The van der Waals surface area contributed by atoms with Crippen LogP contribution in [0.4, 0.5) is 18.9 Å². The molecule has 0 radical (unpaired) electrons. The van der Waals surface area contributed by atoms with Crippen molar-refractivity contribution in [3.05, 3.63) is 29.8 Å². The maximum Gasteiger partial charge on any atom is 0.390 e. The molecule has 112 valence electrons. The van der Waals surface area contributed by atoms with Crippen LogP contribution in [0.1, 0.15) is 31.2 Å². The van der Waals surface area contributed by atoms with Crippen LogP contribution in [-0.2, 0) is 6.54 Å². The van der Waals surface area contributed by atoms with Crippen molar-refractivity contribution in [2.75, 3.05) is 24.5 Å². The molecule has 0 spiro atoms. The molecule has 0 saturated carbocycles. The number of nitrogens with zero attached hydrogens (tertiary/aromatic N) is 1. The Morgan fingerprint density at radius 1 is 1.00 bits per heavy atom. The van der Waals surface area contributed by atoms with Crippen molar-refractivity contribution in [1.82, 2.24) is 5.32 Å². The van der Waals surface area contributed by atoms with Gasteiger partial charge in [0.05, 0.1) is 6.42 Å². The smallest absolute Gasteiger partial charge is 0.372 e. The Kier molecular flexibility index (Phi) is 5.29. The molecule has 1 N–H and O–H groups in total. The summed E-state index contributed by atoms with van der Waals surface area (Å²) in [5.74, 6) is 0. The molecule has 1 saturated heterocycles. The molecule has 0 aliphatic carbocycles. The van der Waals surface area contributed by atoms with E-state index in [9.17, 15) is 13.2 Å². The first-order valence-electron chi connectivity index (χ1n) is 7.16. The second-order valence-electron chi connectivity index (χ2n) is 5.26. The van der Waals surface area contributed by atoms with Gasteiger partial charge < -0.3 is 10.2 Å². The van der Waals surface area contributed by atoms with Gasteiger partial charge >= 0.3 is 6.18 Å². The predicted octanol–water partition coefficient (Wildman–Crippen LogP) is 3.72. The van der Waals surface area contributed by atoms with Crippen molar-refractivity contribution in [2.24, 2.45) is 0 Å². The molecule has 1 aromatic carbocycles. The van der Waals surface area contributed by atoms with Gasteiger partial charge in [-0.15, -0.1) is 0 Å². The number of nitrogens with one attached hydrogen (secondary N) is 1. The van der Waals surface area contributed by atoms with E-state index < -0.39 is 12.6 Å². The molecule has 1 heterocycles. The van der Waals surface area contributed by atoms with Crippen molar-refractivity contribution in [1.29, 1.82) is 0 Å². The Balaban J connectivity index is 1.76. The molecule has 0 aromatic heterocycles. The molecule has 1 aliphatic rings. The lowest BCUT2D eigenvalue weighted by Gasteiger charge is -2.28. The summed E-state index contributed by atoms with van der Waals surface area (Å²) in [6.45, 7) is 2.65. The third kappa shape index (κ3) is 5.04. The highest BCUT2D eigenvalue weighted by atomic mass is 19.4. The van der Waals surface area contributed by atoms with Crippen molar-refractivity contribution >= 4 is 5.69 Å². The van der Waals surface area contributed by atoms with Crippen molar-refractivity contribution in [3.63, 3.8) is 0 Å². The number of halogens is 3. The molecule has 0 atom stereocenters. The van der Waals surface area contributed by atoms with Crippen molar-refractivity contribution in [2.45, 2.75) is 38.4 Å². The molecule has 2 rings (SSSR count). The lowest BCUT2D eigenvalue weighted by atomic mass is 10.1. The Bertz CT molecular complexity index is 395. The van der Waals surface area contributed by atoms with E-state index in [1.54, 1.807) is 0 Å². The van der Waals surface area contributed by atoms with Crippen LogP contribution in [0.25, 0.3) is 0 Å². The summed E-state index contributed by atoms with van der Waals surface area (Å²) >= 11 is 0. The van der Waals surface area contributed by atoms with E-state index in [0.29, 0.717) is 6.54 Å². The second-order valence-corrected chi connectivity index (χ2v) is 5.26. The molecule has 0 unspecified atom stereocenters. The van der Waals surface area contributed by atoms with E-state index in [1.807, 2.05) is 12.1 Å². The van der Waals surface area contributed by atoms with Gasteiger partial charge in [-0.1, -0.05) is 12.1 Å². The number of hydrogen-bond donors (Lipinski definition) is 1. The van der Waals surface area contributed by atoms with Gasteiger partial charge in [0, 0.05) is 31.9 Å². The van der Waals surface area contributed by atoms with Crippen LogP contribution in [0.15, 0.2) is 24.3 Å². The lowest BCUT2D eigenvalue weighted by Crippen LogP contribution is -2.29. The molecule has 5 heteroatoms. The third-order valence-corrected chi connectivity index (χ3v) is 3.57. The molecule has 0 amide bonds. The van der Waals surface area contributed by atoms with Crippen molar-refractivity contribution in [3.8, 4) is 0 Å². The fourth-order valence-corrected chi connectivity index (χ4v) is 2.44. The SMILES string of the molecule is FC(F)(F)CCNCc1ccc(N2CCCCC2)cc1. The normalized spacial score (nSPS) is 16.4. The van der Waals surface area contributed by atoms with Crippen LogP contribution in [-0.4, -0.2) is 25.8 Å². The lowest BCUT2D eigenvalue weighted by molar-refractivity contribution is -0.133. The van der Waals surface area contributed by atoms with Crippen LogP contribution in [0.3, 0.4) is 0 Å². The van der Waals surface area contributed by atoms with Gasteiger partial charge in [0.2, 0.25) is 0 Å². The average Bonchev–Trinajstić information content (AvgIpc) is 2.44. The van der Waals surface area contributed by atoms with E-state index in [1.165, 1.54) is 24.9 Å². The van der Waals surface area contributed by atoms with Crippen LogP contribution in [0.2, 0.25) is 0 Å². The number of piperidine rings is 1. The summed E-state index contributed by atoms with van der Waals surface area (Å²) in [4.78, 5) is 2.37. The number of hydrogen-bond acceptors (Lipinski definition) is 2. The molecule has 2 nitrogen and oxygen atoms in total. The van der Waals surface area contributed by atoms with Gasteiger partial charge in [-0.25, -0.2) is 0 Å². The average molecular weight is 286 g/mol. The minimum Gasteiger partial charge on any atom is -0.372 e. The predicted molar refractivity (Wildman–Crippen MR) is 74.9 cm³/mol. The maximum absolute atomic E-state index is 12.0. The minimum absolute atomic E-state index is 0.0304. The third-order valence-electron chi connectivity index (χ3n) is 3.57. The van der Waals surface area contributed by atoms with E-state index in [-0.39, 0.29) is 6.54 Å².